The summed E-state index contributed by atoms with van der Waals surface area (Å²) in [6.07, 6.45) is 1.40. The zero-order chi connectivity index (χ0) is 11.3. The van der Waals surface area contributed by atoms with Crippen LogP contribution in [0, 0.1) is 0 Å². The van der Waals surface area contributed by atoms with Gasteiger partial charge in [0, 0.05) is 7.11 Å². The van der Waals surface area contributed by atoms with Crippen molar-refractivity contribution < 1.29 is 14.3 Å². The molecule has 5 nitrogen and oxygen atoms in total. The molecule has 1 heterocycles. The van der Waals surface area contributed by atoms with Crippen LogP contribution >= 0.6 is 11.6 Å². The van der Waals surface area contributed by atoms with Crippen LogP contribution in [0.5, 0.6) is 0 Å². The zero-order valence-corrected chi connectivity index (χ0v) is 9.45. The molecule has 15 heavy (non-hydrogen) atoms. The maximum Gasteiger partial charge on any atom is 0.342 e. The van der Waals surface area contributed by atoms with Gasteiger partial charge in [-0.2, -0.15) is 5.10 Å². The third-order valence-electron chi connectivity index (χ3n) is 1.78. The molecule has 0 unspecified atom stereocenters. The quantitative estimate of drug-likeness (QED) is 0.720. The molecule has 0 N–H and O–H groups in total. The van der Waals surface area contributed by atoms with Crippen molar-refractivity contribution in [1.29, 1.82) is 0 Å². The molecule has 0 aliphatic heterocycles. The van der Waals surface area contributed by atoms with Gasteiger partial charge in [0.2, 0.25) is 0 Å². The van der Waals surface area contributed by atoms with Gasteiger partial charge in [0.05, 0.1) is 26.0 Å². The normalized spacial score (nSPS) is 10.3. The summed E-state index contributed by atoms with van der Waals surface area (Å²) in [5.74, 6) is -0.453. The highest BCUT2D eigenvalue weighted by molar-refractivity contribution is 6.32. The van der Waals surface area contributed by atoms with Crippen LogP contribution < -0.4 is 0 Å². The van der Waals surface area contributed by atoms with Gasteiger partial charge in [-0.05, 0) is 6.92 Å². The monoisotopic (exact) mass is 232 g/mol. The third kappa shape index (κ3) is 2.94. The lowest BCUT2D eigenvalue weighted by atomic mass is 10.4. The van der Waals surface area contributed by atoms with E-state index in [0.29, 0.717) is 19.8 Å². The molecule has 1 aromatic rings. The molecule has 84 valence electrons. The Kier molecular flexibility index (Phi) is 4.58. The van der Waals surface area contributed by atoms with E-state index >= 15 is 0 Å². The first kappa shape index (κ1) is 12.0. The number of rotatable bonds is 5. The SMILES string of the molecule is CCOC(=O)c1cnn(CCOC)c1Cl. The van der Waals surface area contributed by atoms with Crippen LogP contribution in [0.2, 0.25) is 5.15 Å². The van der Waals surface area contributed by atoms with Crippen molar-refractivity contribution in [1.82, 2.24) is 9.78 Å². The summed E-state index contributed by atoms with van der Waals surface area (Å²) in [6, 6.07) is 0. The molecular formula is C9H13ClN2O3. The molecule has 0 radical (unpaired) electrons. The number of ether oxygens (including phenoxy) is 2. The molecule has 0 atom stereocenters. The summed E-state index contributed by atoms with van der Waals surface area (Å²) < 4.78 is 11.2. The summed E-state index contributed by atoms with van der Waals surface area (Å²) in [5, 5.41) is 4.24. The number of carbonyl (C=O) groups is 1. The number of hydrogen-bond acceptors (Lipinski definition) is 4. The first-order chi connectivity index (χ1) is 7.20. The predicted octanol–water partition coefficient (Wildman–Crippen LogP) is 1.36. The Hall–Kier alpha value is -1.07. The number of aromatic nitrogens is 2. The van der Waals surface area contributed by atoms with Crippen molar-refractivity contribution >= 4 is 17.6 Å². The number of nitrogens with zero attached hydrogens (tertiary/aromatic N) is 2. The number of methoxy groups -OCH3 is 1. The van der Waals surface area contributed by atoms with Crippen molar-refractivity contribution in [2.45, 2.75) is 13.5 Å². The number of carbonyl (C=O) groups excluding carboxylic acids is 1. The van der Waals surface area contributed by atoms with Crippen LogP contribution in [0.25, 0.3) is 0 Å². The zero-order valence-electron chi connectivity index (χ0n) is 8.70. The van der Waals surface area contributed by atoms with Gasteiger partial charge in [0.1, 0.15) is 10.7 Å². The van der Waals surface area contributed by atoms with Gasteiger partial charge in [-0.1, -0.05) is 11.6 Å². The Morgan fingerprint density at radius 1 is 1.67 bits per heavy atom. The lowest BCUT2D eigenvalue weighted by Gasteiger charge is -2.02. The minimum absolute atomic E-state index is 0.283. The molecule has 0 aliphatic rings. The number of halogens is 1. The van der Waals surface area contributed by atoms with E-state index in [-0.39, 0.29) is 10.7 Å². The highest BCUT2D eigenvalue weighted by Gasteiger charge is 2.16. The fourth-order valence-corrected chi connectivity index (χ4v) is 1.30. The van der Waals surface area contributed by atoms with Crippen molar-refractivity contribution in [2.75, 3.05) is 20.3 Å². The van der Waals surface area contributed by atoms with E-state index < -0.39 is 5.97 Å². The first-order valence-electron chi connectivity index (χ1n) is 4.58. The largest absolute Gasteiger partial charge is 0.462 e. The summed E-state index contributed by atoms with van der Waals surface area (Å²) in [6.45, 7) is 3.05. The van der Waals surface area contributed by atoms with Gasteiger partial charge >= 0.3 is 5.97 Å². The van der Waals surface area contributed by atoms with Crippen LogP contribution in [-0.4, -0.2) is 36.1 Å². The molecule has 0 aliphatic carbocycles. The molecule has 0 saturated heterocycles. The third-order valence-corrected chi connectivity index (χ3v) is 2.18. The Morgan fingerprint density at radius 2 is 2.40 bits per heavy atom. The number of esters is 1. The maximum atomic E-state index is 11.4. The molecule has 0 spiro atoms. The Balaban J connectivity index is 2.74. The lowest BCUT2D eigenvalue weighted by Crippen LogP contribution is -2.08. The van der Waals surface area contributed by atoms with Crippen LogP contribution in [0.4, 0.5) is 0 Å². The van der Waals surface area contributed by atoms with E-state index in [2.05, 4.69) is 5.10 Å². The van der Waals surface area contributed by atoms with Gasteiger partial charge in [-0.3, -0.25) is 4.68 Å². The highest BCUT2D eigenvalue weighted by atomic mass is 35.5. The summed E-state index contributed by atoms with van der Waals surface area (Å²) in [7, 11) is 1.59. The van der Waals surface area contributed by atoms with Crippen LogP contribution in [-0.2, 0) is 16.0 Å². The summed E-state index contributed by atoms with van der Waals surface area (Å²) >= 11 is 5.93. The van der Waals surface area contributed by atoms with Crippen molar-refractivity contribution in [2.24, 2.45) is 0 Å². The van der Waals surface area contributed by atoms with E-state index in [1.807, 2.05) is 0 Å². The highest BCUT2D eigenvalue weighted by Crippen LogP contribution is 2.16. The van der Waals surface area contributed by atoms with E-state index in [1.54, 1.807) is 14.0 Å². The minimum atomic E-state index is -0.453. The summed E-state index contributed by atoms with van der Waals surface area (Å²) in [5.41, 5.74) is 0.287. The average molecular weight is 233 g/mol. The van der Waals surface area contributed by atoms with Gasteiger partial charge < -0.3 is 9.47 Å². The molecule has 0 amide bonds. The van der Waals surface area contributed by atoms with Gasteiger partial charge in [-0.15, -0.1) is 0 Å². The second kappa shape index (κ2) is 5.72. The van der Waals surface area contributed by atoms with Gasteiger partial charge in [-0.25, -0.2) is 4.79 Å². The minimum Gasteiger partial charge on any atom is -0.462 e. The number of hydrogen-bond donors (Lipinski definition) is 0. The van der Waals surface area contributed by atoms with Crippen LogP contribution in [0.3, 0.4) is 0 Å². The second-order valence-electron chi connectivity index (χ2n) is 2.79. The first-order valence-corrected chi connectivity index (χ1v) is 4.95. The topological polar surface area (TPSA) is 53.3 Å². The van der Waals surface area contributed by atoms with E-state index in [0.717, 1.165) is 0 Å². The molecule has 1 aromatic heterocycles. The molecular weight excluding hydrogens is 220 g/mol. The van der Waals surface area contributed by atoms with Gasteiger partial charge in [0.15, 0.2) is 0 Å². The van der Waals surface area contributed by atoms with Crippen LogP contribution in [0.15, 0.2) is 6.20 Å². The predicted molar refractivity (Wildman–Crippen MR) is 55.1 cm³/mol. The molecule has 0 bridgehead atoms. The standard InChI is InChI=1S/C9H13ClN2O3/c1-3-15-9(13)7-6-11-12(8(7)10)4-5-14-2/h6H,3-5H2,1-2H3. The van der Waals surface area contributed by atoms with E-state index in [9.17, 15) is 4.79 Å². The molecule has 0 fully saturated rings. The Morgan fingerprint density at radius 3 is 3.00 bits per heavy atom. The average Bonchev–Trinajstić information content (AvgIpc) is 2.57. The van der Waals surface area contributed by atoms with Crippen molar-refractivity contribution in [3.05, 3.63) is 16.9 Å². The smallest absolute Gasteiger partial charge is 0.342 e. The second-order valence-corrected chi connectivity index (χ2v) is 3.14. The van der Waals surface area contributed by atoms with E-state index in [4.69, 9.17) is 21.1 Å². The fourth-order valence-electron chi connectivity index (χ4n) is 1.05. The Bertz CT molecular complexity index is 338. The molecule has 1 rings (SSSR count). The molecule has 0 saturated carbocycles. The lowest BCUT2D eigenvalue weighted by molar-refractivity contribution is 0.0526. The Labute approximate surface area is 92.9 Å². The summed E-state index contributed by atoms with van der Waals surface area (Å²) in [4.78, 5) is 11.4. The van der Waals surface area contributed by atoms with Crippen LogP contribution in [0.1, 0.15) is 17.3 Å². The van der Waals surface area contributed by atoms with Gasteiger partial charge in [0.25, 0.3) is 0 Å². The van der Waals surface area contributed by atoms with Crippen molar-refractivity contribution in [3.8, 4) is 0 Å². The van der Waals surface area contributed by atoms with E-state index in [1.165, 1.54) is 10.9 Å². The molecule has 6 heteroatoms. The van der Waals surface area contributed by atoms with Crippen molar-refractivity contribution in [3.63, 3.8) is 0 Å². The maximum absolute atomic E-state index is 11.4. The molecule has 0 aromatic carbocycles. The fraction of sp³-hybridized carbons (Fsp3) is 0.556.